The lowest BCUT2D eigenvalue weighted by Crippen LogP contribution is -2.27. The molecule has 0 saturated heterocycles. The molecule has 0 bridgehead atoms. The van der Waals surface area contributed by atoms with Crippen molar-refractivity contribution in [3.05, 3.63) is 34.9 Å². The minimum atomic E-state index is -0.146. The number of rotatable bonds is 15. The molecule has 8 heteroatoms. The number of hydrogen-bond acceptors (Lipinski definition) is 5. The van der Waals surface area contributed by atoms with Crippen molar-refractivity contribution in [2.45, 2.75) is 113 Å². The second-order valence-electron chi connectivity index (χ2n) is 7.95. The van der Waals surface area contributed by atoms with Crippen molar-refractivity contribution in [1.82, 2.24) is 16.0 Å². The zero-order valence-electron chi connectivity index (χ0n) is 24.8. The van der Waals surface area contributed by atoms with Gasteiger partial charge in [-0.15, -0.1) is 0 Å². The predicted octanol–water partition coefficient (Wildman–Crippen LogP) is 4.79. The molecule has 1 aromatic carbocycles. The maximum absolute atomic E-state index is 12.5. The maximum Gasteiger partial charge on any atom is 0.251 e. The van der Waals surface area contributed by atoms with Crippen LogP contribution in [0.4, 0.5) is 0 Å². The van der Waals surface area contributed by atoms with E-state index in [1.54, 1.807) is 6.07 Å². The Morgan fingerprint density at radius 2 is 1.35 bits per heavy atom. The zero-order chi connectivity index (χ0) is 28.9. The van der Waals surface area contributed by atoms with Crippen molar-refractivity contribution in [3.63, 3.8) is 0 Å². The first-order chi connectivity index (χ1) is 17.9. The summed E-state index contributed by atoms with van der Waals surface area (Å²) in [6.07, 6.45) is 6.50. The summed E-state index contributed by atoms with van der Waals surface area (Å²) in [6.45, 7) is 16.6. The Morgan fingerprint density at radius 1 is 0.757 bits per heavy atom. The van der Waals surface area contributed by atoms with E-state index in [1.807, 2.05) is 46.8 Å². The summed E-state index contributed by atoms with van der Waals surface area (Å²) in [6, 6.07) is 5.46. The summed E-state index contributed by atoms with van der Waals surface area (Å²) in [7, 11) is 0. The minimum absolute atomic E-state index is 0.00571. The lowest BCUT2D eigenvalue weighted by Gasteiger charge is -2.12. The molecule has 0 aromatic heterocycles. The molecule has 0 aliphatic rings. The first-order valence-corrected chi connectivity index (χ1v) is 14.3. The number of unbranched alkanes of at least 4 members (excludes halogenated alkanes) is 3. The molecule has 0 heterocycles. The van der Waals surface area contributed by atoms with Crippen LogP contribution >= 0.6 is 0 Å². The molecule has 0 radical (unpaired) electrons. The molecule has 0 saturated carbocycles. The van der Waals surface area contributed by atoms with E-state index >= 15 is 0 Å². The number of hydrogen-bond donors (Lipinski definition) is 5. The van der Waals surface area contributed by atoms with Crippen LogP contribution in [-0.4, -0.2) is 37.4 Å². The fourth-order valence-corrected chi connectivity index (χ4v) is 2.94. The Hall–Kier alpha value is -2.45. The summed E-state index contributed by atoms with van der Waals surface area (Å²) in [5, 5.41) is 8.64. The van der Waals surface area contributed by atoms with Gasteiger partial charge < -0.3 is 27.4 Å². The molecule has 37 heavy (non-hydrogen) atoms. The fourth-order valence-electron chi connectivity index (χ4n) is 2.94. The highest BCUT2D eigenvalue weighted by molar-refractivity contribution is 5.95. The van der Waals surface area contributed by atoms with Crippen LogP contribution in [0.1, 0.15) is 121 Å². The maximum atomic E-state index is 12.5. The molecule has 216 valence electrons. The number of nitrogens with two attached hydrogens (primary N) is 2. The average Bonchev–Trinajstić information content (AvgIpc) is 2.93. The highest BCUT2D eigenvalue weighted by Gasteiger charge is 2.11. The number of carbonyl (C=O) groups is 3. The number of amides is 3. The first-order valence-electron chi connectivity index (χ1n) is 14.3. The normalized spacial score (nSPS) is 9.32. The van der Waals surface area contributed by atoms with E-state index in [1.165, 1.54) is 6.42 Å². The first kappa shape index (κ1) is 39.1. The largest absolute Gasteiger partial charge is 0.356 e. The summed E-state index contributed by atoms with van der Waals surface area (Å²) >= 11 is 0. The Bertz CT molecular complexity index is 696. The third kappa shape index (κ3) is 22.5. The van der Waals surface area contributed by atoms with Gasteiger partial charge in [-0.05, 0) is 55.8 Å². The molecule has 0 aliphatic carbocycles. The number of nitrogens with one attached hydrogen (secondary N) is 3. The van der Waals surface area contributed by atoms with Gasteiger partial charge in [0.05, 0.1) is 0 Å². The second-order valence-corrected chi connectivity index (χ2v) is 7.95. The van der Waals surface area contributed by atoms with Gasteiger partial charge in [0.1, 0.15) is 0 Å². The molecule has 0 atom stereocenters. The fraction of sp³-hybridized carbons (Fsp3) is 0.690. The molecular weight excluding hydrogens is 466 g/mol. The molecule has 0 aliphatic heterocycles. The SMILES string of the molecule is CC.CC.CCC.CCC(=O)NCCCCCNC(=O)c1ccc(CNC(=O)CCCCN)cc1CN. The van der Waals surface area contributed by atoms with Crippen LogP contribution in [0.2, 0.25) is 0 Å². The van der Waals surface area contributed by atoms with Crippen LogP contribution < -0.4 is 27.4 Å². The van der Waals surface area contributed by atoms with E-state index in [2.05, 4.69) is 29.8 Å². The predicted molar refractivity (Wildman–Crippen MR) is 157 cm³/mol. The van der Waals surface area contributed by atoms with Crippen LogP contribution in [0.25, 0.3) is 0 Å². The van der Waals surface area contributed by atoms with E-state index in [0.29, 0.717) is 44.6 Å². The van der Waals surface area contributed by atoms with E-state index in [9.17, 15) is 14.4 Å². The lowest BCUT2D eigenvalue weighted by molar-refractivity contribution is -0.121. The van der Waals surface area contributed by atoms with Crippen LogP contribution in [0, 0.1) is 0 Å². The smallest absolute Gasteiger partial charge is 0.251 e. The molecule has 0 fully saturated rings. The molecule has 0 spiro atoms. The van der Waals surface area contributed by atoms with Gasteiger partial charge >= 0.3 is 0 Å². The number of carbonyl (C=O) groups excluding carboxylic acids is 3. The van der Waals surface area contributed by atoms with Gasteiger partial charge in [0.15, 0.2) is 0 Å². The Labute approximate surface area is 227 Å². The van der Waals surface area contributed by atoms with Crippen molar-refractivity contribution < 1.29 is 14.4 Å². The highest BCUT2D eigenvalue weighted by Crippen LogP contribution is 2.12. The topological polar surface area (TPSA) is 139 Å². The quantitative estimate of drug-likeness (QED) is 0.210. The van der Waals surface area contributed by atoms with Crippen LogP contribution in [0.15, 0.2) is 18.2 Å². The number of benzene rings is 1. The molecule has 8 nitrogen and oxygen atoms in total. The molecule has 1 aromatic rings. The lowest BCUT2D eigenvalue weighted by atomic mass is 10.0. The van der Waals surface area contributed by atoms with Crippen LogP contribution in [-0.2, 0) is 22.7 Å². The van der Waals surface area contributed by atoms with E-state index in [0.717, 1.165) is 43.2 Å². The second kappa shape index (κ2) is 29.8. The Morgan fingerprint density at radius 3 is 1.89 bits per heavy atom. The van der Waals surface area contributed by atoms with Gasteiger partial charge in [0, 0.05) is 44.6 Å². The third-order valence-electron chi connectivity index (χ3n) is 4.76. The van der Waals surface area contributed by atoms with E-state index in [4.69, 9.17) is 11.5 Å². The van der Waals surface area contributed by atoms with Crippen LogP contribution in [0.3, 0.4) is 0 Å². The van der Waals surface area contributed by atoms with Gasteiger partial charge in [0.2, 0.25) is 11.8 Å². The summed E-state index contributed by atoms with van der Waals surface area (Å²) in [4.78, 5) is 35.4. The van der Waals surface area contributed by atoms with Gasteiger partial charge in [0.25, 0.3) is 5.91 Å². The van der Waals surface area contributed by atoms with Gasteiger partial charge in [-0.25, -0.2) is 0 Å². The third-order valence-corrected chi connectivity index (χ3v) is 4.76. The van der Waals surface area contributed by atoms with Crippen molar-refractivity contribution in [1.29, 1.82) is 0 Å². The van der Waals surface area contributed by atoms with Gasteiger partial charge in [-0.3, -0.25) is 14.4 Å². The summed E-state index contributed by atoms with van der Waals surface area (Å²) < 4.78 is 0. The molecule has 0 unspecified atom stereocenters. The van der Waals surface area contributed by atoms with Gasteiger partial charge in [-0.2, -0.15) is 0 Å². The monoisotopic (exact) mass is 523 g/mol. The van der Waals surface area contributed by atoms with Gasteiger partial charge in [-0.1, -0.05) is 67.0 Å². The summed E-state index contributed by atoms with van der Waals surface area (Å²) in [5.41, 5.74) is 13.5. The van der Waals surface area contributed by atoms with E-state index < -0.39 is 0 Å². The van der Waals surface area contributed by atoms with E-state index in [-0.39, 0.29) is 24.3 Å². The Balaban J connectivity index is -0.00000150. The van der Waals surface area contributed by atoms with Crippen molar-refractivity contribution in [2.24, 2.45) is 11.5 Å². The minimum Gasteiger partial charge on any atom is -0.356 e. The molecule has 7 N–H and O–H groups in total. The highest BCUT2D eigenvalue weighted by atomic mass is 16.2. The van der Waals surface area contributed by atoms with Crippen LogP contribution in [0.5, 0.6) is 0 Å². The molecular formula is C29H57N5O3. The Kier molecular flexibility index (Phi) is 31.4. The van der Waals surface area contributed by atoms with Crippen molar-refractivity contribution in [2.75, 3.05) is 19.6 Å². The van der Waals surface area contributed by atoms with Crippen molar-refractivity contribution in [3.8, 4) is 0 Å². The van der Waals surface area contributed by atoms with Crippen molar-refractivity contribution >= 4 is 17.7 Å². The summed E-state index contributed by atoms with van der Waals surface area (Å²) in [5.74, 6) is -0.0897. The average molecular weight is 524 g/mol. The molecule has 3 amide bonds. The standard InChI is InChI=1S/C22H37N5O3.C3H8.2C2H6/c1-2-20(28)25-12-6-3-7-13-26-22(30)19-10-9-17(14-18(19)15-24)16-27-21(29)8-4-5-11-23;1-3-2;2*1-2/h9-10,14H,2-8,11-13,15-16,23-24H2,1H3,(H,25,28)(H,26,30)(H,27,29);3H2,1-2H3;2*1-2H3. The zero-order valence-corrected chi connectivity index (χ0v) is 24.8. The molecule has 1 rings (SSSR count).